The highest BCUT2D eigenvalue weighted by atomic mass is 16.2. The summed E-state index contributed by atoms with van der Waals surface area (Å²) in [5.74, 6) is 0.00590. The minimum absolute atomic E-state index is 0.00590. The van der Waals surface area contributed by atoms with Crippen LogP contribution in [0.4, 0.5) is 16.2 Å². The molecule has 1 atom stereocenters. The molecule has 0 radical (unpaired) electrons. The summed E-state index contributed by atoms with van der Waals surface area (Å²) in [7, 11) is 0. The van der Waals surface area contributed by atoms with Gasteiger partial charge in [-0.2, -0.15) is 0 Å². The van der Waals surface area contributed by atoms with E-state index in [1.807, 2.05) is 4.90 Å². The van der Waals surface area contributed by atoms with Crippen molar-refractivity contribution in [2.75, 3.05) is 29.9 Å². The maximum absolute atomic E-state index is 12.8. The normalized spacial score (nSPS) is 17.1. The van der Waals surface area contributed by atoms with Gasteiger partial charge in [-0.05, 0) is 55.8 Å². The molecule has 6 heteroatoms. The van der Waals surface area contributed by atoms with Gasteiger partial charge in [0.15, 0.2) is 0 Å². The number of primary amides is 1. The fourth-order valence-electron chi connectivity index (χ4n) is 3.35. The summed E-state index contributed by atoms with van der Waals surface area (Å²) in [6.45, 7) is 6.39. The highest BCUT2D eigenvalue weighted by Crippen LogP contribution is 2.22. The molecule has 0 unspecified atom stereocenters. The lowest BCUT2D eigenvalue weighted by Crippen LogP contribution is -2.53. The zero-order valence-electron chi connectivity index (χ0n) is 15.1. The maximum Gasteiger partial charge on any atom is 0.316 e. The maximum atomic E-state index is 12.8. The van der Waals surface area contributed by atoms with E-state index in [0.717, 1.165) is 6.54 Å². The second-order valence-corrected chi connectivity index (χ2v) is 6.70. The van der Waals surface area contributed by atoms with E-state index in [1.165, 1.54) is 11.3 Å². The number of anilines is 2. The lowest BCUT2D eigenvalue weighted by molar-refractivity contribution is 0.0726. The molecule has 0 aliphatic carbocycles. The van der Waals surface area contributed by atoms with E-state index >= 15 is 0 Å². The number of benzene rings is 2. The van der Waals surface area contributed by atoms with Crippen LogP contribution < -0.4 is 16.0 Å². The van der Waals surface area contributed by atoms with Crippen LogP contribution in [0.5, 0.6) is 0 Å². The van der Waals surface area contributed by atoms with Gasteiger partial charge in [0.1, 0.15) is 0 Å². The predicted molar refractivity (Wildman–Crippen MR) is 104 cm³/mol. The molecule has 0 aromatic heterocycles. The summed E-state index contributed by atoms with van der Waals surface area (Å²) >= 11 is 0. The smallest absolute Gasteiger partial charge is 0.316 e. The van der Waals surface area contributed by atoms with Crippen molar-refractivity contribution in [1.29, 1.82) is 0 Å². The highest BCUT2D eigenvalue weighted by molar-refractivity contribution is 5.95. The van der Waals surface area contributed by atoms with Crippen molar-refractivity contribution in [3.05, 3.63) is 59.7 Å². The Morgan fingerprint density at radius 1 is 1.12 bits per heavy atom. The van der Waals surface area contributed by atoms with Crippen molar-refractivity contribution in [2.24, 2.45) is 5.73 Å². The summed E-state index contributed by atoms with van der Waals surface area (Å²) in [6.07, 6.45) is 0. The first-order valence-electron chi connectivity index (χ1n) is 8.73. The monoisotopic (exact) mass is 352 g/mol. The largest absolute Gasteiger partial charge is 0.365 e. The van der Waals surface area contributed by atoms with Crippen molar-refractivity contribution in [2.45, 2.75) is 19.9 Å². The highest BCUT2D eigenvalue weighted by Gasteiger charge is 2.27. The number of nitrogens with one attached hydrogen (secondary N) is 1. The predicted octanol–water partition coefficient (Wildman–Crippen LogP) is 2.84. The molecule has 1 aliphatic rings. The standard InChI is InChI=1S/C20H24N4O2/c1-14-4-3-5-18(12-14)24-11-10-23(13-15(24)2)19(25)16-6-8-17(9-7-16)22-20(21)26/h3-9,12,15H,10-11,13H2,1-2H3,(H3,21,22,26)/t15-/m1/s1. The molecule has 1 aliphatic heterocycles. The van der Waals surface area contributed by atoms with Gasteiger partial charge in [-0.15, -0.1) is 0 Å². The van der Waals surface area contributed by atoms with Crippen LogP contribution in [0.15, 0.2) is 48.5 Å². The number of hydrogen-bond donors (Lipinski definition) is 2. The number of nitrogens with zero attached hydrogens (tertiary/aromatic N) is 2. The lowest BCUT2D eigenvalue weighted by Gasteiger charge is -2.41. The topological polar surface area (TPSA) is 78.7 Å². The van der Waals surface area contributed by atoms with Gasteiger partial charge in [-0.1, -0.05) is 12.1 Å². The molecule has 1 saturated heterocycles. The Kier molecular flexibility index (Phi) is 5.11. The molecule has 26 heavy (non-hydrogen) atoms. The summed E-state index contributed by atoms with van der Waals surface area (Å²) in [5.41, 5.74) is 8.71. The van der Waals surface area contributed by atoms with Crippen molar-refractivity contribution < 1.29 is 9.59 Å². The van der Waals surface area contributed by atoms with E-state index in [4.69, 9.17) is 5.73 Å². The number of aryl methyl sites for hydroxylation is 1. The summed E-state index contributed by atoms with van der Waals surface area (Å²) < 4.78 is 0. The van der Waals surface area contributed by atoms with Crippen molar-refractivity contribution in [3.63, 3.8) is 0 Å². The molecule has 2 aromatic carbocycles. The van der Waals surface area contributed by atoms with Crippen LogP contribution in [0.25, 0.3) is 0 Å². The van der Waals surface area contributed by atoms with Crippen molar-refractivity contribution >= 4 is 23.3 Å². The Labute approximate surface area is 153 Å². The van der Waals surface area contributed by atoms with E-state index in [2.05, 4.69) is 48.3 Å². The third kappa shape index (κ3) is 3.96. The molecule has 1 heterocycles. The van der Waals surface area contributed by atoms with E-state index in [9.17, 15) is 9.59 Å². The van der Waals surface area contributed by atoms with Gasteiger partial charge >= 0.3 is 6.03 Å². The first kappa shape index (κ1) is 17.8. The molecular formula is C20H24N4O2. The van der Waals surface area contributed by atoms with Crippen LogP contribution in [-0.2, 0) is 0 Å². The number of carbonyl (C=O) groups is 2. The molecule has 136 valence electrons. The van der Waals surface area contributed by atoms with Crippen LogP contribution in [0.2, 0.25) is 0 Å². The molecule has 2 aromatic rings. The SMILES string of the molecule is Cc1cccc(N2CCN(C(=O)c3ccc(NC(N)=O)cc3)C[C@H]2C)c1. The lowest BCUT2D eigenvalue weighted by atomic mass is 10.1. The van der Waals surface area contributed by atoms with Gasteiger partial charge in [-0.25, -0.2) is 4.79 Å². The zero-order chi connectivity index (χ0) is 18.7. The Balaban J connectivity index is 1.66. The minimum atomic E-state index is -0.620. The molecule has 0 bridgehead atoms. The molecule has 6 nitrogen and oxygen atoms in total. The molecular weight excluding hydrogens is 328 g/mol. The van der Waals surface area contributed by atoms with Crippen LogP contribution in [0.1, 0.15) is 22.8 Å². The van der Waals surface area contributed by atoms with Crippen LogP contribution in [0, 0.1) is 6.92 Å². The number of nitrogens with two attached hydrogens (primary N) is 1. The summed E-state index contributed by atoms with van der Waals surface area (Å²) in [5, 5.41) is 2.49. The van der Waals surface area contributed by atoms with E-state index in [1.54, 1.807) is 24.3 Å². The Bertz CT molecular complexity index is 804. The van der Waals surface area contributed by atoms with Crippen molar-refractivity contribution in [3.8, 4) is 0 Å². The number of carbonyl (C=O) groups excluding carboxylic acids is 2. The minimum Gasteiger partial charge on any atom is -0.365 e. The van der Waals surface area contributed by atoms with Crippen molar-refractivity contribution in [1.82, 2.24) is 4.90 Å². The van der Waals surface area contributed by atoms with Crippen LogP contribution in [0.3, 0.4) is 0 Å². The fraction of sp³-hybridized carbons (Fsp3) is 0.300. The molecule has 0 spiro atoms. The Hall–Kier alpha value is -3.02. The zero-order valence-corrected chi connectivity index (χ0v) is 15.1. The Morgan fingerprint density at radius 3 is 2.46 bits per heavy atom. The molecule has 3 N–H and O–H groups in total. The summed E-state index contributed by atoms with van der Waals surface area (Å²) in [6, 6.07) is 14.9. The van der Waals surface area contributed by atoms with E-state index < -0.39 is 6.03 Å². The van der Waals surface area contributed by atoms with Gasteiger partial charge in [0, 0.05) is 42.6 Å². The van der Waals surface area contributed by atoms with Crippen LogP contribution >= 0.6 is 0 Å². The van der Waals surface area contributed by atoms with Gasteiger partial charge in [0.25, 0.3) is 5.91 Å². The second-order valence-electron chi connectivity index (χ2n) is 6.70. The molecule has 1 fully saturated rings. The second kappa shape index (κ2) is 7.47. The first-order valence-corrected chi connectivity index (χ1v) is 8.73. The Morgan fingerprint density at radius 2 is 1.85 bits per heavy atom. The summed E-state index contributed by atoms with van der Waals surface area (Å²) in [4.78, 5) is 27.9. The molecule has 3 amide bonds. The quantitative estimate of drug-likeness (QED) is 0.891. The first-order chi connectivity index (χ1) is 12.4. The molecule has 3 rings (SSSR count). The number of rotatable bonds is 3. The number of hydrogen-bond acceptors (Lipinski definition) is 3. The van der Waals surface area contributed by atoms with Gasteiger partial charge < -0.3 is 20.9 Å². The third-order valence-corrected chi connectivity index (χ3v) is 4.65. The van der Waals surface area contributed by atoms with E-state index in [-0.39, 0.29) is 11.9 Å². The number of urea groups is 1. The number of amides is 3. The fourth-order valence-corrected chi connectivity index (χ4v) is 3.35. The van der Waals surface area contributed by atoms with Gasteiger partial charge in [0.2, 0.25) is 0 Å². The molecule has 0 saturated carbocycles. The van der Waals surface area contributed by atoms with Crippen LogP contribution in [-0.4, -0.2) is 42.5 Å². The third-order valence-electron chi connectivity index (χ3n) is 4.65. The average molecular weight is 352 g/mol. The van der Waals surface area contributed by atoms with Gasteiger partial charge in [0.05, 0.1) is 0 Å². The van der Waals surface area contributed by atoms with Gasteiger partial charge in [-0.3, -0.25) is 4.79 Å². The van der Waals surface area contributed by atoms with E-state index in [0.29, 0.717) is 24.3 Å². The number of piperazine rings is 1. The average Bonchev–Trinajstić information content (AvgIpc) is 2.61.